The summed E-state index contributed by atoms with van der Waals surface area (Å²) in [5.74, 6) is 0.740. The number of hydrogen-bond acceptors (Lipinski definition) is 6. The molecule has 0 atom stereocenters. The van der Waals surface area contributed by atoms with Crippen molar-refractivity contribution in [1.29, 1.82) is 0 Å². The summed E-state index contributed by atoms with van der Waals surface area (Å²) in [6.07, 6.45) is 0.597. The van der Waals surface area contributed by atoms with Crippen LogP contribution in [0, 0.1) is 13.8 Å². The van der Waals surface area contributed by atoms with Gasteiger partial charge in [0.25, 0.3) is 5.91 Å². The molecule has 0 saturated heterocycles. The molecular weight excluding hydrogens is 414 g/mol. The van der Waals surface area contributed by atoms with E-state index in [9.17, 15) is 9.59 Å². The number of hydrogen-bond donors (Lipinski definition) is 1. The lowest BCUT2D eigenvalue weighted by Gasteiger charge is -2.07. The summed E-state index contributed by atoms with van der Waals surface area (Å²) in [5.41, 5.74) is 3.84. The largest absolute Gasteiger partial charge is 0.462 e. The van der Waals surface area contributed by atoms with Gasteiger partial charge >= 0.3 is 5.97 Å². The van der Waals surface area contributed by atoms with E-state index in [0.717, 1.165) is 27.3 Å². The molecule has 0 unspecified atom stereocenters. The monoisotopic (exact) mass is 437 g/mol. The molecule has 1 aliphatic heterocycles. The summed E-state index contributed by atoms with van der Waals surface area (Å²) in [7, 11) is 0. The first-order chi connectivity index (χ1) is 15.0. The van der Waals surface area contributed by atoms with Crippen molar-refractivity contribution < 1.29 is 23.8 Å². The van der Waals surface area contributed by atoms with Crippen molar-refractivity contribution in [3.8, 4) is 11.5 Å². The first-order valence-corrected chi connectivity index (χ1v) is 10.8. The maximum Gasteiger partial charge on any atom is 0.341 e. The van der Waals surface area contributed by atoms with E-state index in [1.54, 1.807) is 19.1 Å². The minimum atomic E-state index is -0.438. The molecule has 4 rings (SSSR count). The predicted molar refractivity (Wildman–Crippen MR) is 120 cm³/mol. The quantitative estimate of drug-likeness (QED) is 0.542. The van der Waals surface area contributed by atoms with Crippen molar-refractivity contribution in [2.24, 2.45) is 0 Å². The third-order valence-electron chi connectivity index (χ3n) is 5.07. The molecule has 0 spiro atoms. The van der Waals surface area contributed by atoms with Crippen LogP contribution in [-0.2, 0) is 11.2 Å². The van der Waals surface area contributed by atoms with Crippen LogP contribution in [0.15, 0.2) is 42.5 Å². The zero-order valence-electron chi connectivity index (χ0n) is 17.6. The maximum atomic E-state index is 12.8. The first-order valence-electron chi connectivity index (χ1n) is 10.0. The third-order valence-corrected chi connectivity index (χ3v) is 6.27. The Labute approximate surface area is 184 Å². The molecule has 160 valence electrons. The zero-order valence-corrected chi connectivity index (χ0v) is 18.4. The third kappa shape index (κ3) is 4.41. The molecule has 0 bridgehead atoms. The molecule has 7 heteroatoms. The Hall–Kier alpha value is -3.32. The molecule has 6 nitrogen and oxygen atoms in total. The van der Waals surface area contributed by atoms with Gasteiger partial charge in [0, 0.05) is 16.9 Å². The lowest BCUT2D eigenvalue weighted by molar-refractivity contribution is 0.0527. The highest BCUT2D eigenvalue weighted by Gasteiger charge is 2.24. The Morgan fingerprint density at radius 3 is 2.55 bits per heavy atom. The molecule has 1 aliphatic rings. The SMILES string of the molecule is CCOC(=O)c1c(NC(=O)c2ccc(C)cc2)sc(Cc2ccc3c(c2)OCO3)c1C. The van der Waals surface area contributed by atoms with Crippen LogP contribution in [0.1, 0.15) is 49.2 Å². The molecule has 2 aromatic carbocycles. The second-order valence-corrected chi connectivity index (χ2v) is 8.36. The van der Waals surface area contributed by atoms with Crippen LogP contribution in [0.3, 0.4) is 0 Å². The summed E-state index contributed by atoms with van der Waals surface area (Å²) in [6.45, 7) is 6.09. The van der Waals surface area contributed by atoms with E-state index in [4.69, 9.17) is 14.2 Å². The molecular formula is C24H23NO5S. The molecule has 2 heterocycles. The Morgan fingerprint density at radius 1 is 1.06 bits per heavy atom. The normalized spacial score (nSPS) is 12.0. The molecule has 3 aromatic rings. The van der Waals surface area contributed by atoms with Crippen LogP contribution in [0.4, 0.5) is 5.00 Å². The molecule has 0 fully saturated rings. The number of carbonyl (C=O) groups excluding carboxylic acids is 2. The number of rotatable bonds is 6. The average molecular weight is 438 g/mol. The fourth-order valence-electron chi connectivity index (χ4n) is 3.38. The molecule has 0 radical (unpaired) electrons. The smallest absolute Gasteiger partial charge is 0.341 e. The molecule has 1 aromatic heterocycles. The Kier molecular flexibility index (Phi) is 5.95. The van der Waals surface area contributed by atoms with E-state index in [2.05, 4.69) is 5.32 Å². The van der Waals surface area contributed by atoms with Crippen molar-refractivity contribution in [2.45, 2.75) is 27.2 Å². The van der Waals surface area contributed by atoms with Crippen LogP contribution in [0.25, 0.3) is 0 Å². The molecule has 0 saturated carbocycles. The van der Waals surface area contributed by atoms with E-state index in [1.807, 2.05) is 44.2 Å². The van der Waals surface area contributed by atoms with Gasteiger partial charge in [-0.25, -0.2) is 4.79 Å². The van der Waals surface area contributed by atoms with Gasteiger partial charge in [-0.15, -0.1) is 11.3 Å². The molecule has 31 heavy (non-hydrogen) atoms. The van der Waals surface area contributed by atoms with Gasteiger partial charge in [0.2, 0.25) is 6.79 Å². The maximum absolute atomic E-state index is 12.8. The first kappa shape index (κ1) is 20.9. The number of benzene rings is 2. The number of anilines is 1. The van der Waals surface area contributed by atoms with E-state index >= 15 is 0 Å². The number of fused-ring (bicyclic) bond motifs is 1. The number of amides is 1. The summed E-state index contributed by atoms with van der Waals surface area (Å²) >= 11 is 1.39. The highest BCUT2D eigenvalue weighted by Crippen LogP contribution is 2.38. The second kappa shape index (κ2) is 8.81. The van der Waals surface area contributed by atoms with Crippen molar-refractivity contribution >= 4 is 28.2 Å². The topological polar surface area (TPSA) is 73.9 Å². The number of nitrogens with one attached hydrogen (secondary N) is 1. The van der Waals surface area contributed by atoms with Crippen LogP contribution >= 0.6 is 11.3 Å². The van der Waals surface area contributed by atoms with E-state index in [1.165, 1.54) is 11.3 Å². The number of carbonyl (C=O) groups is 2. The molecule has 0 aliphatic carbocycles. The summed E-state index contributed by atoms with van der Waals surface area (Å²) in [4.78, 5) is 26.4. The van der Waals surface area contributed by atoms with Crippen LogP contribution in [0.2, 0.25) is 0 Å². The summed E-state index contributed by atoms with van der Waals surface area (Å²) < 4.78 is 16.1. The van der Waals surface area contributed by atoms with Gasteiger partial charge in [-0.1, -0.05) is 23.8 Å². The van der Waals surface area contributed by atoms with Gasteiger partial charge in [-0.3, -0.25) is 4.79 Å². The highest BCUT2D eigenvalue weighted by molar-refractivity contribution is 7.17. The Balaban J connectivity index is 1.64. The van der Waals surface area contributed by atoms with Crippen molar-refractivity contribution in [3.63, 3.8) is 0 Å². The van der Waals surface area contributed by atoms with Gasteiger partial charge < -0.3 is 19.5 Å². The van der Waals surface area contributed by atoms with Gasteiger partial charge in [0.05, 0.1) is 12.2 Å². The van der Waals surface area contributed by atoms with E-state index in [-0.39, 0.29) is 19.3 Å². The van der Waals surface area contributed by atoms with Crippen LogP contribution in [-0.4, -0.2) is 25.3 Å². The second-order valence-electron chi connectivity index (χ2n) is 7.26. The fraction of sp³-hybridized carbons (Fsp3) is 0.250. The minimum Gasteiger partial charge on any atom is -0.462 e. The standard InChI is InChI=1S/C24H23NO5S/c1-4-28-24(27)21-15(3)20(12-16-7-10-18-19(11-16)30-13-29-18)31-23(21)25-22(26)17-8-5-14(2)6-9-17/h5-11H,4,12-13H2,1-3H3,(H,25,26). The van der Waals surface area contributed by atoms with E-state index < -0.39 is 5.97 Å². The highest BCUT2D eigenvalue weighted by atomic mass is 32.1. The predicted octanol–water partition coefficient (Wildman–Crippen LogP) is 5.11. The number of aryl methyl sites for hydroxylation is 1. The number of thiophene rings is 1. The van der Waals surface area contributed by atoms with Crippen LogP contribution in [0.5, 0.6) is 11.5 Å². The van der Waals surface area contributed by atoms with Crippen molar-refractivity contribution in [3.05, 3.63) is 75.2 Å². The Morgan fingerprint density at radius 2 is 1.81 bits per heavy atom. The van der Waals surface area contributed by atoms with Gasteiger partial charge in [-0.05, 0) is 56.2 Å². The van der Waals surface area contributed by atoms with Crippen LogP contribution < -0.4 is 14.8 Å². The molecule has 1 amide bonds. The van der Waals surface area contributed by atoms with Crippen molar-refractivity contribution in [2.75, 3.05) is 18.7 Å². The average Bonchev–Trinajstić information content (AvgIpc) is 3.33. The van der Waals surface area contributed by atoms with Gasteiger partial charge in [0.1, 0.15) is 5.00 Å². The lowest BCUT2D eigenvalue weighted by atomic mass is 10.1. The van der Waals surface area contributed by atoms with E-state index in [0.29, 0.717) is 28.3 Å². The summed E-state index contributed by atoms with van der Waals surface area (Å²) in [6, 6.07) is 13.1. The van der Waals surface area contributed by atoms with Gasteiger partial charge in [-0.2, -0.15) is 0 Å². The molecule has 1 N–H and O–H groups in total. The minimum absolute atomic E-state index is 0.221. The zero-order chi connectivity index (χ0) is 22.0. The summed E-state index contributed by atoms with van der Waals surface area (Å²) in [5, 5.41) is 3.41. The van der Waals surface area contributed by atoms with Crippen molar-refractivity contribution in [1.82, 2.24) is 0 Å². The van der Waals surface area contributed by atoms with Gasteiger partial charge in [0.15, 0.2) is 11.5 Å². The number of ether oxygens (including phenoxy) is 3. The Bertz CT molecular complexity index is 1130. The number of esters is 1. The lowest BCUT2D eigenvalue weighted by Crippen LogP contribution is -2.14. The fourth-order valence-corrected chi connectivity index (χ4v) is 4.61.